The smallest absolute Gasteiger partial charge is 0.118 e. The van der Waals surface area contributed by atoms with Gasteiger partial charge in [-0.2, -0.15) is 0 Å². The second-order valence-electron chi connectivity index (χ2n) is 6.76. The molecule has 1 saturated carbocycles. The summed E-state index contributed by atoms with van der Waals surface area (Å²) in [4.78, 5) is 2.40. The fourth-order valence-electron chi connectivity index (χ4n) is 3.91. The Labute approximate surface area is 141 Å². The topological polar surface area (TPSA) is 32.7 Å². The molecule has 0 aliphatic heterocycles. The summed E-state index contributed by atoms with van der Waals surface area (Å²) >= 11 is 0. The summed E-state index contributed by atoms with van der Waals surface area (Å²) in [6.07, 6.45) is 6.89. The van der Waals surface area contributed by atoms with Gasteiger partial charge in [0, 0.05) is 6.54 Å². The van der Waals surface area contributed by atoms with E-state index in [0.29, 0.717) is 5.92 Å². The van der Waals surface area contributed by atoms with Gasteiger partial charge in [-0.25, -0.2) is 0 Å². The third kappa shape index (κ3) is 4.48. The third-order valence-electron chi connectivity index (χ3n) is 5.57. The molecule has 130 valence electrons. The average molecular weight is 319 g/mol. The normalized spacial score (nSPS) is 18.8. The van der Waals surface area contributed by atoms with Crippen LogP contribution in [0.2, 0.25) is 0 Å². The number of hydrogen-bond donors (Lipinski definition) is 1. The molecule has 1 aromatic rings. The van der Waals surface area contributed by atoms with E-state index in [1.54, 1.807) is 7.11 Å². The molecule has 0 bridgehead atoms. The molecule has 0 heterocycles. The standard InChI is InChI=1S/C20H33NO2/c1-4-21(5-2)16-15-20(22,17-9-7-6-8-10-17)18-11-13-19(23-3)14-12-18/h11-14,17,22H,4-10,15-16H2,1-3H3. The lowest BCUT2D eigenvalue weighted by Gasteiger charge is -2.40. The number of hydrogen-bond acceptors (Lipinski definition) is 3. The largest absolute Gasteiger partial charge is 0.497 e. The molecule has 0 aromatic heterocycles. The summed E-state index contributed by atoms with van der Waals surface area (Å²) in [7, 11) is 1.68. The Bertz CT molecular complexity index is 449. The minimum absolute atomic E-state index is 0.375. The van der Waals surface area contributed by atoms with Crippen LogP contribution >= 0.6 is 0 Å². The Morgan fingerprint density at radius 2 is 1.70 bits per heavy atom. The van der Waals surface area contributed by atoms with Crippen LogP contribution in [0, 0.1) is 5.92 Å². The van der Waals surface area contributed by atoms with E-state index in [2.05, 4.69) is 30.9 Å². The maximum Gasteiger partial charge on any atom is 0.118 e. The highest BCUT2D eigenvalue weighted by Crippen LogP contribution is 2.42. The van der Waals surface area contributed by atoms with Crippen molar-refractivity contribution in [3.63, 3.8) is 0 Å². The van der Waals surface area contributed by atoms with Crippen LogP contribution in [0.25, 0.3) is 0 Å². The molecular weight excluding hydrogens is 286 g/mol. The van der Waals surface area contributed by atoms with Crippen LogP contribution in [-0.2, 0) is 5.60 Å². The Hall–Kier alpha value is -1.06. The van der Waals surface area contributed by atoms with Crippen LogP contribution < -0.4 is 4.74 Å². The van der Waals surface area contributed by atoms with E-state index in [9.17, 15) is 5.11 Å². The van der Waals surface area contributed by atoms with E-state index >= 15 is 0 Å². The molecule has 3 heteroatoms. The van der Waals surface area contributed by atoms with Gasteiger partial charge >= 0.3 is 0 Å². The average Bonchev–Trinajstić information content (AvgIpc) is 2.63. The molecule has 1 unspecified atom stereocenters. The highest BCUT2D eigenvalue weighted by molar-refractivity contribution is 5.31. The molecule has 1 aromatic carbocycles. The van der Waals surface area contributed by atoms with Crippen LogP contribution in [0.4, 0.5) is 0 Å². The van der Waals surface area contributed by atoms with Gasteiger partial charge in [-0.3, -0.25) is 0 Å². The van der Waals surface area contributed by atoms with E-state index < -0.39 is 5.60 Å². The molecule has 2 rings (SSSR count). The van der Waals surface area contributed by atoms with Gasteiger partial charge in [-0.1, -0.05) is 45.2 Å². The van der Waals surface area contributed by atoms with Gasteiger partial charge < -0.3 is 14.7 Å². The molecule has 1 aliphatic rings. The first kappa shape index (κ1) is 18.3. The number of nitrogens with zero attached hydrogens (tertiary/aromatic N) is 1. The Kier molecular flexibility index (Phi) is 6.91. The first-order valence-corrected chi connectivity index (χ1v) is 9.23. The second-order valence-corrected chi connectivity index (χ2v) is 6.76. The van der Waals surface area contributed by atoms with Gasteiger partial charge in [0.15, 0.2) is 0 Å². The molecule has 0 spiro atoms. The van der Waals surface area contributed by atoms with Gasteiger partial charge in [0.05, 0.1) is 12.7 Å². The van der Waals surface area contributed by atoms with Crippen LogP contribution in [-0.4, -0.2) is 36.8 Å². The SMILES string of the molecule is CCN(CC)CCC(O)(c1ccc(OC)cc1)C1CCCCC1. The Balaban J connectivity index is 2.21. The number of benzene rings is 1. The van der Waals surface area contributed by atoms with Crippen LogP contribution in [0.1, 0.15) is 57.9 Å². The number of methoxy groups -OCH3 is 1. The monoisotopic (exact) mass is 319 g/mol. The highest BCUT2D eigenvalue weighted by atomic mass is 16.5. The summed E-state index contributed by atoms with van der Waals surface area (Å²) in [5, 5.41) is 11.6. The van der Waals surface area contributed by atoms with Crippen molar-refractivity contribution in [1.29, 1.82) is 0 Å². The van der Waals surface area contributed by atoms with E-state index in [1.165, 1.54) is 19.3 Å². The van der Waals surface area contributed by atoms with Crippen molar-refractivity contribution in [1.82, 2.24) is 4.90 Å². The summed E-state index contributed by atoms with van der Waals surface area (Å²) in [5.74, 6) is 1.23. The third-order valence-corrected chi connectivity index (χ3v) is 5.57. The molecule has 23 heavy (non-hydrogen) atoms. The van der Waals surface area contributed by atoms with Crippen molar-refractivity contribution in [3.05, 3.63) is 29.8 Å². The molecule has 0 radical (unpaired) electrons. The number of aliphatic hydroxyl groups is 1. The van der Waals surface area contributed by atoms with Gasteiger partial charge in [0.1, 0.15) is 5.75 Å². The van der Waals surface area contributed by atoms with Gasteiger partial charge in [0.25, 0.3) is 0 Å². The highest BCUT2D eigenvalue weighted by Gasteiger charge is 2.38. The lowest BCUT2D eigenvalue weighted by Crippen LogP contribution is -2.40. The first-order chi connectivity index (χ1) is 11.1. The number of ether oxygens (including phenoxy) is 1. The first-order valence-electron chi connectivity index (χ1n) is 9.23. The predicted molar refractivity (Wildman–Crippen MR) is 95.9 cm³/mol. The van der Waals surface area contributed by atoms with E-state index in [0.717, 1.165) is 50.2 Å². The molecule has 0 saturated heterocycles. The van der Waals surface area contributed by atoms with Gasteiger partial charge in [-0.05, 0) is 56.0 Å². The van der Waals surface area contributed by atoms with Crippen molar-refractivity contribution >= 4 is 0 Å². The van der Waals surface area contributed by atoms with Crippen molar-refractivity contribution in [3.8, 4) is 5.75 Å². The van der Waals surface area contributed by atoms with E-state index in [1.807, 2.05) is 12.1 Å². The van der Waals surface area contributed by atoms with Crippen LogP contribution in [0.15, 0.2) is 24.3 Å². The van der Waals surface area contributed by atoms with E-state index in [4.69, 9.17) is 4.74 Å². The Morgan fingerprint density at radius 3 is 2.22 bits per heavy atom. The molecule has 1 atom stereocenters. The van der Waals surface area contributed by atoms with E-state index in [-0.39, 0.29) is 0 Å². The lowest BCUT2D eigenvalue weighted by molar-refractivity contribution is -0.0516. The second kappa shape index (κ2) is 8.70. The predicted octanol–water partition coefficient (Wildman–Crippen LogP) is 4.20. The van der Waals surface area contributed by atoms with Crippen LogP contribution in [0.5, 0.6) is 5.75 Å². The van der Waals surface area contributed by atoms with Crippen molar-refractivity contribution < 1.29 is 9.84 Å². The minimum atomic E-state index is -0.713. The fourth-order valence-corrected chi connectivity index (χ4v) is 3.91. The van der Waals surface area contributed by atoms with Gasteiger partial charge in [-0.15, -0.1) is 0 Å². The van der Waals surface area contributed by atoms with Crippen molar-refractivity contribution in [2.45, 2.75) is 58.0 Å². The minimum Gasteiger partial charge on any atom is -0.497 e. The molecule has 3 nitrogen and oxygen atoms in total. The molecular formula is C20H33NO2. The summed E-state index contributed by atoms with van der Waals surface area (Å²) in [5.41, 5.74) is 0.340. The zero-order valence-electron chi connectivity index (χ0n) is 15.1. The Morgan fingerprint density at radius 1 is 1.09 bits per heavy atom. The maximum absolute atomic E-state index is 11.6. The number of rotatable bonds is 8. The van der Waals surface area contributed by atoms with Gasteiger partial charge in [0.2, 0.25) is 0 Å². The molecule has 0 amide bonds. The zero-order valence-corrected chi connectivity index (χ0v) is 15.1. The van der Waals surface area contributed by atoms with Crippen molar-refractivity contribution in [2.24, 2.45) is 5.92 Å². The van der Waals surface area contributed by atoms with Crippen molar-refractivity contribution in [2.75, 3.05) is 26.7 Å². The molecule has 1 fully saturated rings. The molecule has 1 N–H and O–H groups in total. The summed E-state index contributed by atoms with van der Waals surface area (Å²) in [6.45, 7) is 7.42. The zero-order chi connectivity index (χ0) is 16.7. The summed E-state index contributed by atoms with van der Waals surface area (Å²) < 4.78 is 5.27. The quantitative estimate of drug-likeness (QED) is 0.779. The summed E-state index contributed by atoms with van der Waals surface area (Å²) in [6, 6.07) is 8.05. The van der Waals surface area contributed by atoms with Crippen LogP contribution in [0.3, 0.4) is 0 Å². The molecule has 1 aliphatic carbocycles. The maximum atomic E-state index is 11.6. The fraction of sp³-hybridized carbons (Fsp3) is 0.700. The lowest BCUT2D eigenvalue weighted by atomic mass is 9.71.